The molecule has 0 bridgehead atoms. The van der Waals surface area contributed by atoms with Gasteiger partial charge in [0, 0.05) is 6.20 Å². The van der Waals surface area contributed by atoms with Crippen LogP contribution in [-0.4, -0.2) is 27.5 Å². The molecule has 0 saturated carbocycles. The van der Waals surface area contributed by atoms with Gasteiger partial charge in [-0.05, 0) is 12.0 Å². The molecule has 6 nitrogen and oxygen atoms in total. The van der Waals surface area contributed by atoms with Crippen LogP contribution in [0.15, 0.2) is 25.2 Å². The lowest BCUT2D eigenvalue weighted by molar-refractivity contribution is -0.111. The van der Waals surface area contributed by atoms with Crippen molar-refractivity contribution in [1.82, 2.24) is 15.0 Å². The van der Waals surface area contributed by atoms with Crippen molar-refractivity contribution < 1.29 is 9.53 Å². The largest absolute Gasteiger partial charge is 0.477 e. The third-order valence-corrected chi connectivity index (χ3v) is 2.43. The molecule has 0 aliphatic carbocycles. The Morgan fingerprint density at radius 2 is 2.37 bits per heavy atom. The molecule has 2 aromatic rings. The number of ether oxygens (including phenoxy) is 1. The van der Waals surface area contributed by atoms with Gasteiger partial charge in [0.05, 0.1) is 12.3 Å². The number of fused-ring (bicyclic) bond motifs is 1. The molecule has 19 heavy (non-hydrogen) atoms. The third kappa shape index (κ3) is 2.90. The molecule has 1 amide bonds. The van der Waals surface area contributed by atoms with Crippen LogP contribution >= 0.6 is 0 Å². The highest BCUT2D eigenvalue weighted by Gasteiger charge is 2.13. The average Bonchev–Trinajstić information content (AvgIpc) is 2.80. The number of carbonyl (C=O) groups excluding carboxylic acids is 1. The Bertz CT molecular complexity index is 604. The minimum atomic E-state index is -0.292. The normalized spacial score (nSPS) is 10.7. The molecule has 0 spiro atoms. The predicted molar refractivity (Wildman–Crippen MR) is 73.0 cm³/mol. The number of hydrogen-bond donors (Lipinski definition) is 2. The van der Waals surface area contributed by atoms with Crippen LogP contribution in [0.1, 0.15) is 13.8 Å². The second kappa shape index (κ2) is 5.51. The van der Waals surface area contributed by atoms with E-state index >= 15 is 0 Å². The van der Waals surface area contributed by atoms with Gasteiger partial charge in [-0.2, -0.15) is 0 Å². The van der Waals surface area contributed by atoms with Gasteiger partial charge >= 0.3 is 0 Å². The molecule has 0 saturated heterocycles. The van der Waals surface area contributed by atoms with Crippen molar-refractivity contribution in [2.75, 3.05) is 11.9 Å². The third-order valence-electron chi connectivity index (χ3n) is 2.43. The Labute approximate surface area is 110 Å². The van der Waals surface area contributed by atoms with Gasteiger partial charge < -0.3 is 15.0 Å². The van der Waals surface area contributed by atoms with Gasteiger partial charge in [-0.1, -0.05) is 20.4 Å². The molecule has 100 valence electrons. The van der Waals surface area contributed by atoms with Gasteiger partial charge in [-0.25, -0.2) is 9.97 Å². The van der Waals surface area contributed by atoms with Crippen LogP contribution in [0.3, 0.4) is 0 Å². The average molecular weight is 260 g/mol. The van der Waals surface area contributed by atoms with Gasteiger partial charge in [-0.15, -0.1) is 0 Å². The van der Waals surface area contributed by atoms with E-state index < -0.39 is 0 Å². The van der Waals surface area contributed by atoms with E-state index in [4.69, 9.17) is 4.74 Å². The second-order valence-electron chi connectivity index (χ2n) is 4.50. The fourth-order valence-electron chi connectivity index (χ4n) is 1.57. The molecule has 2 N–H and O–H groups in total. The van der Waals surface area contributed by atoms with Gasteiger partial charge in [-0.3, -0.25) is 4.79 Å². The highest BCUT2D eigenvalue weighted by atomic mass is 16.5. The van der Waals surface area contributed by atoms with E-state index in [1.807, 2.05) is 0 Å². The number of amides is 1. The molecule has 0 aromatic carbocycles. The van der Waals surface area contributed by atoms with Crippen LogP contribution in [-0.2, 0) is 4.79 Å². The van der Waals surface area contributed by atoms with Crippen molar-refractivity contribution in [1.29, 1.82) is 0 Å². The van der Waals surface area contributed by atoms with Gasteiger partial charge in [0.15, 0.2) is 0 Å². The van der Waals surface area contributed by atoms with Gasteiger partial charge in [0.1, 0.15) is 17.4 Å². The minimum absolute atomic E-state index is 0.292. The van der Waals surface area contributed by atoms with Crippen molar-refractivity contribution in [3.63, 3.8) is 0 Å². The van der Waals surface area contributed by atoms with E-state index in [-0.39, 0.29) is 5.91 Å². The smallest absolute Gasteiger partial charge is 0.247 e. The zero-order valence-electron chi connectivity index (χ0n) is 10.9. The van der Waals surface area contributed by atoms with Crippen LogP contribution in [0.2, 0.25) is 0 Å². The lowest BCUT2D eigenvalue weighted by atomic mass is 10.2. The molecular formula is C13H16N4O2. The monoisotopic (exact) mass is 260 g/mol. The Morgan fingerprint density at radius 1 is 1.58 bits per heavy atom. The second-order valence-corrected chi connectivity index (χ2v) is 4.50. The summed E-state index contributed by atoms with van der Waals surface area (Å²) < 4.78 is 5.65. The first kappa shape index (κ1) is 13.1. The molecule has 0 radical (unpaired) electrons. The predicted octanol–water partition coefficient (Wildman–Crippen LogP) is 2.12. The fourth-order valence-corrected chi connectivity index (χ4v) is 1.57. The molecule has 0 aliphatic rings. The number of carbonyl (C=O) groups is 1. The Kier molecular flexibility index (Phi) is 3.79. The standard InChI is InChI=1S/C13H16N4O2/c1-4-10(18)17-9-5-14-12-11(9)13(16-7-15-12)19-6-8(2)3/h4-5,7-8H,1,6H2,2-3H3,(H,17,18)(H,14,15,16). The van der Waals surface area contributed by atoms with Crippen molar-refractivity contribution in [3.05, 3.63) is 25.2 Å². The van der Waals surface area contributed by atoms with E-state index in [0.29, 0.717) is 35.1 Å². The molecule has 0 unspecified atom stereocenters. The summed E-state index contributed by atoms with van der Waals surface area (Å²) >= 11 is 0. The Morgan fingerprint density at radius 3 is 3.05 bits per heavy atom. The van der Waals surface area contributed by atoms with E-state index in [0.717, 1.165) is 0 Å². The van der Waals surface area contributed by atoms with E-state index in [1.54, 1.807) is 6.20 Å². The lowest BCUT2D eigenvalue weighted by Crippen LogP contribution is -2.09. The Balaban J connectivity index is 2.37. The SMILES string of the molecule is C=CC(=O)Nc1c[nH]c2ncnc(OCC(C)C)c12. The molecule has 0 atom stereocenters. The summed E-state index contributed by atoms with van der Waals surface area (Å²) in [5.41, 5.74) is 1.20. The summed E-state index contributed by atoms with van der Waals surface area (Å²) in [7, 11) is 0. The van der Waals surface area contributed by atoms with E-state index in [1.165, 1.54) is 12.4 Å². The number of nitrogens with one attached hydrogen (secondary N) is 2. The van der Waals surface area contributed by atoms with Gasteiger partial charge in [0.25, 0.3) is 0 Å². The van der Waals surface area contributed by atoms with Crippen molar-refractivity contribution >= 4 is 22.6 Å². The summed E-state index contributed by atoms with van der Waals surface area (Å²) in [4.78, 5) is 22.6. The molecule has 2 heterocycles. The molecular weight excluding hydrogens is 244 g/mol. The maximum absolute atomic E-state index is 11.4. The van der Waals surface area contributed by atoms with Gasteiger partial charge in [0.2, 0.25) is 11.8 Å². The maximum Gasteiger partial charge on any atom is 0.247 e. The Hall–Kier alpha value is -2.37. The topological polar surface area (TPSA) is 79.9 Å². The van der Waals surface area contributed by atoms with E-state index in [9.17, 15) is 4.79 Å². The number of rotatable bonds is 5. The molecule has 6 heteroatoms. The van der Waals surface area contributed by atoms with Crippen LogP contribution in [0.5, 0.6) is 5.88 Å². The number of anilines is 1. The minimum Gasteiger partial charge on any atom is -0.477 e. The summed E-state index contributed by atoms with van der Waals surface area (Å²) in [6, 6.07) is 0. The molecule has 0 fully saturated rings. The lowest BCUT2D eigenvalue weighted by Gasteiger charge is -2.09. The van der Waals surface area contributed by atoms with Crippen molar-refractivity contribution in [2.45, 2.75) is 13.8 Å². The molecule has 2 aromatic heterocycles. The number of aromatic amines is 1. The first-order chi connectivity index (χ1) is 9.11. The van der Waals surface area contributed by atoms with Crippen LogP contribution < -0.4 is 10.1 Å². The van der Waals surface area contributed by atoms with Crippen molar-refractivity contribution in [2.24, 2.45) is 5.92 Å². The summed E-state index contributed by atoms with van der Waals surface area (Å²) in [6.07, 6.45) is 4.29. The highest BCUT2D eigenvalue weighted by Crippen LogP contribution is 2.29. The van der Waals surface area contributed by atoms with Crippen molar-refractivity contribution in [3.8, 4) is 5.88 Å². The quantitative estimate of drug-likeness (QED) is 0.807. The zero-order valence-corrected chi connectivity index (χ0v) is 10.9. The molecule has 2 rings (SSSR count). The van der Waals surface area contributed by atoms with E-state index in [2.05, 4.69) is 40.7 Å². The summed E-state index contributed by atoms with van der Waals surface area (Å²) in [5.74, 6) is 0.550. The summed E-state index contributed by atoms with van der Waals surface area (Å²) in [5, 5.41) is 3.36. The summed E-state index contributed by atoms with van der Waals surface area (Å²) in [6.45, 7) is 8.07. The van der Waals surface area contributed by atoms with Crippen LogP contribution in [0, 0.1) is 5.92 Å². The van der Waals surface area contributed by atoms with Crippen LogP contribution in [0.25, 0.3) is 11.0 Å². The highest BCUT2D eigenvalue weighted by molar-refractivity contribution is 6.06. The molecule has 0 aliphatic heterocycles. The number of nitrogens with zero attached hydrogens (tertiary/aromatic N) is 2. The first-order valence-corrected chi connectivity index (χ1v) is 6.00. The maximum atomic E-state index is 11.4. The number of aromatic nitrogens is 3. The number of hydrogen-bond acceptors (Lipinski definition) is 4. The zero-order chi connectivity index (χ0) is 13.8. The number of H-pyrrole nitrogens is 1. The van der Waals surface area contributed by atoms with Crippen LogP contribution in [0.4, 0.5) is 5.69 Å². The fraction of sp³-hybridized carbons (Fsp3) is 0.308. The first-order valence-electron chi connectivity index (χ1n) is 6.00.